The van der Waals surface area contributed by atoms with E-state index in [0.717, 1.165) is 21.7 Å². The Morgan fingerprint density at radius 2 is 2.08 bits per heavy atom. The van der Waals surface area contributed by atoms with Gasteiger partial charge < -0.3 is 9.15 Å². The molecule has 1 aliphatic rings. The molecule has 1 aliphatic heterocycles. The first-order valence-corrected chi connectivity index (χ1v) is 9.84. The fourth-order valence-corrected chi connectivity index (χ4v) is 4.21. The van der Waals surface area contributed by atoms with Gasteiger partial charge in [0, 0.05) is 11.0 Å². The lowest BCUT2D eigenvalue weighted by molar-refractivity contribution is -0.145. The van der Waals surface area contributed by atoms with Crippen LogP contribution in [0.1, 0.15) is 12.7 Å². The van der Waals surface area contributed by atoms with Crippen molar-refractivity contribution in [1.29, 1.82) is 0 Å². The van der Waals surface area contributed by atoms with Crippen molar-refractivity contribution >= 4 is 58.0 Å². The second-order valence-corrected chi connectivity index (χ2v) is 7.90. The van der Waals surface area contributed by atoms with Crippen LogP contribution in [0.3, 0.4) is 0 Å². The molecule has 0 N–H and O–H groups in total. The first-order valence-electron chi connectivity index (χ1n) is 7.80. The predicted octanol–water partition coefficient (Wildman–Crippen LogP) is 4.20. The van der Waals surface area contributed by atoms with Crippen molar-refractivity contribution < 1.29 is 18.7 Å². The number of esters is 1. The SMILES string of the molecule is CCOC(=O)CN1C(=O)/C(=C/c2ccc(Sc3ccccc3)o2)SC1=S. The van der Waals surface area contributed by atoms with E-state index < -0.39 is 5.97 Å². The Bertz CT molecular complexity index is 860. The van der Waals surface area contributed by atoms with Crippen molar-refractivity contribution in [2.24, 2.45) is 0 Å². The Morgan fingerprint density at radius 3 is 2.81 bits per heavy atom. The molecule has 2 heterocycles. The van der Waals surface area contributed by atoms with E-state index in [1.54, 1.807) is 19.1 Å². The van der Waals surface area contributed by atoms with Crippen molar-refractivity contribution in [3.8, 4) is 0 Å². The van der Waals surface area contributed by atoms with E-state index in [-0.39, 0.29) is 19.1 Å². The molecule has 0 radical (unpaired) electrons. The van der Waals surface area contributed by atoms with Crippen LogP contribution in [0.2, 0.25) is 0 Å². The van der Waals surface area contributed by atoms with Crippen LogP contribution in [-0.4, -0.2) is 34.2 Å². The average Bonchev–Trinajstić information content (AvgIpc) is 3.16. The zero-order valence-electron chi connectivity index (χ0n) is 13.8. The molecule has 0 unspecified atom stereocenters. The monoisotopic (exact) mass is 405 g/mol. The third kappa shape index (κ3) is 4.57. The largest absolute Gasteiger partial charge is 0.465 e. The summed E-state index contributed by atoms with van der Waals surface area (Å²) in [5.41, 5.74) is 0. The number of benzene rings is 1. The zero-order chi connectivity index (χ0) is 18.5. The maximum absolute atomic E-state index is 12.5. The van der Waals surface area contributed by atoms with E-state index in [1.165, 1.54) is 16.7 Å². The molecule has 0 spiro atoms. The molecule has 0 aliphatic carbocycles. The lowest BCUT2D eigenvalue weighted by Crippen LogP contribution is -2.34. The summed E-state index contributed by atoms with van der Waals surface area (Å²) in [6, 6.07) is 13.5. The minimum Gasteiger partial charge on any atom is -0.465 e. The number of thioether (sulfide) groups is 1. The summed E-state index contributed by atoms with van der Waals surface area (Å²) in [4.78, 5) is 26.8. The topological polar surface area (TPSA) is 59.8 Å². The molecule has 0 atom stereocenters. The standard InChI is InChI=1S/C18H15NO4S3/c1-2-22-15(20)11-19-17(21)14(26-18(19)24)10-12-8-9-16(23-12)25-13-6-4-3-5-7-13/h3-10H,2,11H2,1H3/b14-10-. The predicted molar refractivity (Wildman–Crippen MR) is 106 cm³/mol. The first kappa shape index (κ1) is 18.8. The Kier molecular flexibility index (Phi) is 6.18. The van der Waals surface area contributed by atoms with E-state index in [9.17, 15) is 9.59 Å². The van der Waals surface area contributed by atoms with Crippen LogP contribution in [0, 0.1) is 0 Å². The third-order valence-corrected chi connectivity index (χ3v) is 5.61. The Morgan fingerprint density at radius 1 is 1.31 bits per heavy atom. The maximum atomic E-state index is 12.5. The number of rotatable bonds is 6. The van der Waals surface area contributed by atoms with Crippen LogP contribution in [0.25, 0.3) is 6.08 Å². The highest BCUT2D eigenvalue weighted by Crippen LogP contribution is 2.34. The van der Waals surface area contributed by atoms with Gasteiger partial charge in [-0.05, 0) is 31.2 Å². The van der Waals surface area contributed by atoms with Gasteiger partial charge in [-0.3, -0.25) is 14.5 Å². The molecular weight excluding hydrogens is 390 g/mol. The van der Waals surface area contributed by atoms with E-state index in [1.807, 2.05) is 36.4 Å². The van der Waals surface area contributed by atoms with Gasteiger partial charge in [-0.25, -0.2) is 0 Å². The smallest absolute Gasteiger partial charge is 0.326 e. The highest BCUT2D eigenvalue weighted by atomic mass is 32.2. The van der Waals surface area contributed by atoms with Gasteiger partial charge in [0.05, 0.1) is 11.5 Å². The second-order valence-electron chi connectivity index (χ2n) is 5.14. The molecule has 1 aromatic carbocycles. The van der Waals surface area contributed by atoms with Gasteiger partial charge in [0.2, 0.25) is 0 Å². The van der Waals surface area contributed by atoms with Crippen LogP contribution in [-0.2, 0) is 14.3 Å². The van der Waals surface area contributed by atoms with E-state index in [4.69, 9.17) is 21.4 Å². The molecule has 1 aromatic heterocycles. The van der Waals surface area contributed by atoms with Gasteiger partial charge in [-0.2, -0.15) is 0 Å². The molecule has 5 nitrogen and oxygen atoms in total. The summed E-state index contributed by atoms with van der Waals surface area (Å²) in [6.45, 7) is 1.80. The molecular formula is C18H15NO4S3. The zero-order valence-corrected chi connectivity index (χ0v) is 16.3. The summed E-state index contributed by atoms with van der Waals surface area (Å²) in [5, 5.41) is 0.726. The summed E-state index contributed by atoms with van der Waals surface area (Å²) in [5.74, 6) is -0.244. The van der Waals surface area contributed by atoms with Crippen LogP contribution in [0.4, 0.5) is 0 Å². The summed E-state index contributed by atoms with van der Waals surface area (Å²) in [7, 11) is 0. The van der Waals surface area contributed by atoms with Gasteiger partial charge in [-0.1, -0.05) is 53.9 Å². The number of thiocarbonyl (C=S) groups is 1. The van der Waals surface area contributed by atoms with E-state index >= 15 is 0 Å². The quantitative estimate of drug-likeness (QED) is 0.406. The van der Waals surface area contributed by atoms with E-state index in [0.29, 0.717) is 15.0 Å². The van der Waals surface area contributed by atoms with Crippen molar-refractivity contribution in [3.63, 3.8) is 0 Å². The minimum atomic E-state index is -0.482. The van der Waals surface area contributed by atoms with Crippen molar-refractivity contribution in [2.45, 2.75) is 16.9 Å². The summed E-state index contributed by atoms with van der Waals surface area (Å²) >= 11 is 7.83. The molecule has 0 saturated carbocycles. The van der Waals surface area contributed by atoms with Gasteiger partial charge >= 0.3 is 5.97 Å². The van der Waals surface area contributed by atoms with E-state index in [2.05, 4.69) is 0 Å². The molecule has 134 valence electrons. The van der Waals surface area contributed by atoms with Gasteiger partial charge in [-0.15, -0.1) is 0 Å². The van der Waals surface area contributed by atoms with Crippen molar-refractivity contribution in [1.82, 2.24) is 4.90 Å². The van der Waals surface area contributed by atoms with Gasteiger partial charge in [0.15, 0.2) is 5.09 Å². The molecule has 8 heteroatoms. The van der Waals surface area contributed by atoms with Gasteiger partial charge in [0.25, 0.3) is 5.91 Å². The van der Waals surface area contributed by atoms with Crippen LogP contribution in [0.15, 0.2) is 61.8 Å². The molecule has 0 bridgehead atoms. The van der Waals surface area contributed by atoms with Crippen LogP contribution >= 0.6 is 35.7 Å². The Balaban J connectivity index is 1.69. The lowest BCUT2D eigenvalue weighted by Gasteiger charge is -2.12. The fourth-order valence-electron chi connectivity index (χ4n) is 2.17. The normalized spacial score (nSPS) is 15.7. The number of amides is 1. The number of carbonyl (C=O) groups is 2. The number of nitrogens with zero attached hydrogens (tertiary/aromatic N) is 1. The molecule has 1 amide bonds. The molecule has 3 rings (SSSR count). The number of furan rings is 1. The maximum Gasteiger partial charge on any atom is 0.326 e. The summed E-state index contributed by atoms with van der Waals surface area (Å²) < 4.78 is 11.0. The third-order valence-electron chi connectivity index (χ3n) is 3.30. The fraction of sp³-hybridized carbons (Fsp3) is 0.167. The number of hydrogen-bond donors (Lipinski definition) is 0. The minimum absolute atomic E-state index is 0.177. The molecule has 1 saturated heterocycles. The number of carbonyl (C=O) groups excluding carboxylic acids is 2. The molecule has 26 heavy (non-hydrogen) atoms. The van der Waals surface area contributed by atoms with Crippen LogP contribution in [0.5, 0.6) is 0 Å². The Hall–Kier alpha value is -2.03. The summed E-state index contributed by atoms with van der Waals surface area (Å²) in [6.07, 6.45) is 1.64. The van der Waals surface area contributed by atoms with Crippen molar-refractivity contribution in [3.05, 3.63) is 53.1 Å². The van der Waals surface area contributed by atoms with Crippen molar-refractivity contribution in [2.75, 3.05) is 13.2 Å². The highest BCUT2D eigenvalue weighted by Gasteiger charge is 2.34. The van der Waals surface area contributed by atoms with Crippen LogP contribution < -0.4 is 0 Å². The number of hydrogen-bond acceptors (Lipinski definition) is 7. The lowest BCUT2D eigenvalue weighted by atomic mass is 10.3. The number of ether oxygens (including phenoxy) is 1. The molecule has 1 fully saturated rings. The Labute approximate surface area is 164 Å². The average molecular weight is 406 g/mol. The first-order chi connectivity index (χ1) is 12.6. The molecule has 2 aromatic rings. The second kappa shape index (κ2) is 8.57. The van der Waals surface area contributed by atoms with Gasteiger partial charge in [0.1, 0.15) is 16.6 Å². The highest BCUT2D eigenvalue weighted by molar-refractivity contribution is 8.26.